The summed E-state index contributed by atoms with van der Waals surface area (Å²) < 4.78 is 5.33. The zero-order chi connectivity index (χ0) is 17.3. The molecule has 1 N–H and O–H groups in total. The number of benzene rings is 2. The van der Waals surface area contributed by atoms with Gasteiger partial charge in [0.15, 0.2) is 0 Å². The third kappa shape index (κ3) is 3.04. The lowest BCUT2D eigenvalue weighted by molar-refractivity contribution is -0.127. The van der Waals surface area contributed by atoms with Crippen molar-refractivity contribution in [2.75, 3.05) is 6.61 Å². The topological polar surface area (TPSA) is 55.4 Å². The summed E-state index contributed by atoms with van der Waals surface area (Å²) in [6, 6.07) is 16.3. The Morgan fingerprint density at radius 1 is 0.958 bits per heavy atom. The van der Waals surface area contributed by atoms with Gasteiger partial charge in [0.25, 0.3) is 0 Å². The van der Waals surface area contributed by atoms with Crippen LogP contribution >= 0.6 is 0 Å². The van der Waals surface area contributed by atoms with E-state index in [9.17, 15) is 9.59 Å². The van der Waals surface area contributed by atoms with Gasteiger partial charge in [-0.15, -0.1) is 0 Å². The van der Waals surface area contributed by atoms with Crippen molar-refractivity contribution in [2.24, 2.45) is 5.41 Å². The molecule has 2 amide bonds. The minimum atomic E-state index is -0.697. The average molecular weight is 323 g/mol. The highest BCUT2D eigenvalue weighted by Gasteiger charge is 2.30. The fourth-order valence-electron chi connectivity index (χ4n) is 2.91. The number of amides is 2. The maximum absolute atomic E-state index is 11.9. The maximum Gasteiger partial charge on any atom is 0.413 e. The van der Waals surface area contributed by atoms with Crippen LogP contribution in [-0.2, 0) is 9.53 Å². The van der Waals surface area contributed by atoms with Crippen LogP contribution in [0.4, 0.5) is 4.79 Å². The zero-order valence-electron chi connectivity index (χ0n) is 14.1. The molecule has 0 unspecified atom stereocenters. The second-order valence-corrected chi connectivity index (χ2v) is 7.03. The molecule has 2 aromatic carbocycles. The van der Waals surface area contributed by atoms with Crippen molar-refractivity contribution in [3.8, 4) is 11.1 Å². The Bertz CT molecular complexity index is 744. The molecule has 0 saturated carbocycles. The summed E-state index contributed by atoms with van der Waals surface area (Å²) in [4.78, 5) is 23.8. The zero-order valence-corrected chi connectivity index (χ0v) is 14.1. The van der Waals surface area contributed by atoms with Gasteiger partial charge in [0.2, 0.25) is 5.91 Å². The molecule has 0 heterocycles. The lowest BCUT2D eigenvalue weighted by Gasteiger charge is -2.18. The van der Waals surface area contributed by atoms with E-state index in [2.05, 4.69) is 29.6 Å². The molecule has 4 nitrogen and oxygen atoms in total. The van der Waals surface area contributed by atoms with Crippen LogP contribution in [0.15, 0.2) is 48.5 Å². The quantitative estimate of drug-likeness (QED) is 0.905. The summed E-state index contributed by atoms with van der Waals surface area (Å²) in [5, 5.41) is 2.29. The van der Waals surface area contributed by atoms with Crippen molar-refractivity contribution < 1.29 is 14.3 Å². The number of nitrogens with one attached hydrogen (secondary N) is 1. The van der Waals surface area contributed by atoms with Gasteiger partial charge in [-0.1, -0.05) is 69.3 Å². The molecule has 0 atom stereocenters. The number of imide groups is 1. The summed E-state index contributed by atoms with van der Waals surface area (Å²) in [5.41, 5.74) is 4.01. The molecule has 0 saturated heterocycles. The van der Waals surface area contributed by atoms with Gasteiger partial charge in [-0.05, 0) is 22.3 Å². The molecule has 1 aliphatic carbocycles. The van der Waals surface area contributed by atoms with Crippen LogP contribution < -0.4 is 5.32 Å². The molecule has 1 aliphatic rings. The highest BCUT2D eigenvalue weighted by Crippen LogP contribution is 2.44. The normalized spacial score (nSPS) is 13.1. The Morgan fingerprint density at radius 3 is 1.96 bits per heavy atom. The molecule has 4 heteroatoms. The van der Waals surface area contributed by atoms with Crippen molar-refractivity contribution in [1.29, 1.82) is 0 Å². The highest BCUT2D eigenvalue weighted by molar-refractivity contribution is 5.94. The van der Waals surface area contributed by atoms with Gasteiger partial charge < -0.3 is 4.74 Å². The lowest BCUT2D eigenvalue weighted by atomic mass is 9.96. The largest absolute Gasteiger partial charge is 0.448 e. The molecule has 0 fully saturated rings. The number of ether oxygens (including phenoxy) is 1. The second-order valence-electron chi connectivity index (χ2n) is 7.03. The first-order valence-corrected chi connectivity index (χ1v) is 8.04. The van der Waals surface area contributed by atoms with Gasteiger partial charge in [0.05, 0.1) is 0 Å². The molecule has 2 aromatic rings. The Kier molecular flexibility index (Phi) is 4.14. The Morgan fingerprint density at radius 2 is 1.46 bits per heavy atom. The molecule has 0 aliphatic heterocycles. The third-order valence-electron chi connectivity index (χ3n) is 4.24. The molecule has 0 aromatic heterocycles. The van der Waals surface area contributed by atoms with Crippen LogP contribution in [0.3, 0.4) is 0 Å². The maximum atomic E-state index is 11.9. The number of hydrogen-bond donors (Lipinski definition) is 1. The van der Waals surface area contributed by atoms with E-state index < -0.39 is 11.5 Å². The highest BCUT2D eigenvalue weighted by atomic mass is 16.5. The number of carbonyl (C=O) groups excluding carboxylic acids is 2. The van der Waals surface area contributed by atoms with Crippen LogP contribution in [0.25, 0.3) is 11.1 Å². The van der Waals surface area contributed by atoms with E-state index >= 15 is 0 Å². The summed E-state index contributed by atoms with van der Waals surface area (Å²) >= 11 is 0. The molecule has 124 valence electrons. The summed E-state index contributed by atoms with van der Waals surface area (Å²) in [6.45, 7) is 5.45. The molecule has 0 spiro atoms. The SMILES string of the molecule is CC(C)(C)C(=O)NC(=O)OCC1c2ccccc2-c2ccccc21. The van der Waals surface area contributed by atoms with Gasteiger partial charge in [-0.25, -0.2) is 4.79 Å². The number of alkyl carbamates (subject to hydrolysis) is 1. The van der Waals surface area contributed by atoms with Crippen LogP contribution in [-0.4, -0.2) is 18.6 Å². The number of fused-ring (bicyclic) bond motifs is 3. The van der Waals surface area contributed by atoms with Crippen molar-refractivity contribution in [3.63, 3.8) is 0 Å². The van der Waals surface area contributed by atoms with E-state index in [-0.39, 0.29) is 18.4 Å². The van der Waals surface area contributed by atoms with Crippen molar-refractivity contribution in [3.05, 3.63) is 59.7 Å². The third-order valence-corrected chi connectivity index (χ3v) is 4.24. The van der Waals surface area contributed by atoms with Crippen LogP contribution in [0.5, 0.6) is 0 Å². The minimum absolute atomic E-state index is 0.00658. The van der Waals surface area contributed by atoms with E-state index in [1.807, 2.05) is 24.3 Å². The first-order chi connectivity index (χ1) is 11.4. The minimum Gasteiger partial charge on any atom is -0.448 e. The van der Waals surface area contributed by atoms with E-state index in [1.54, 1.807) is 20.8 Å². The molecule has 0 bridgehead atoms. The van der Waals surface area contributed by atoms with Crippen molar-refractivity contribution in [1.82, 2.24) is 5.32 Å². The number of carbonyl (C=O) groups is 2. The van der Waals surface area contributed by atoms with E-state index in [0.29, 0.717) is 0 Å². The summed E-state index contributed by atoms with van der Waals surface area (Å²) in [6.07, 6.45) is -0.697. The number of hydrogen-bond acceptors (Lipinski definition) is 3. The summed E-state index contributed by atoms with van der Waals surface area (Å²) in [5.74, 6) is -0.354. The van der Waals surface area contributed by atoms with Crippen LogP contribution in [0, 0.1) is 5.41 Å². The van der Waals surface area contributed by atoms with Crippen molar-refractivity contribution >= 4 is 12.0 Å². The van der Waals surface area contributed by atoms with Crippen LogP contribution in [0.1, 0.15) is 37.8 Å². The van der Waals surface area contributed by atoms with Gasteiger partial charge in [-0.2, -0.15) is 0 Å². The van der Waals surface area contributed by atoms with E-state index in [1.165, 1.54) is 11.1 Å². The monoisotopic (exact) mass is 323 g/mol. The van der Waals surface area contributed by atoms with E-state index in [4.69, 9.17) is 4.74 Å². The standard InChI is InChI=1S/C20H21NO3/c1-20(2,3)18(22)21-19(23)24-12-17-15-10-6-4-8-13(15)14-9-5-7-11-16(14)17/h4-11,17H,12H2,1-3H3,(H,21,22,23). The Hall–Kier alpha value is -2.62. The van der Waals surface area contributed by atoms with Gasteiger partial charge in [0, 0.05) is 11.3 Å². The molecular weight excluding hydrogens is 302 g/mol. The molecule has 24 heavy (non-hydrogen) atoms. The number of rotatable bonds is 2. The lowest BCUT2D eigenvalue weighted by Crippen LogP contribution is -2.39. The van der Waals surface area contributed by atoms with E-state index in [0.717, 1.165) is 11.1 Å². The van der Waals surface area contributed by atoms with Gasteiger partial charge in [0.1, 0.15) is 6.61 Å². The second kappa shape index (κ2) is 6.11. The average Bonchev–Trinajstić information content (AvgIpc) is 2.86. The molecule has 3 rings (SSSR count). The fourth-order valence-corrected chi connectivity index (χ4v) is 2.91. The van der Waals surface area contributed by atoms with Gasteiger partial charge in [-0.3, -0.25) is 10.1 Å². The Balaban J connectivity index is 1.74. The van der Waals surface area contributed by atoms with Gasteiger partial charge >= 0.3 is 6.09 Å². The fraction of sp³-hybridized carbons (Fsp3) is 0.300. The Labute approximate surface area is 141 Å². The smallest absolute Gasteiger partial charge is 0.413 e. The molecule has 0 radical (unpaired) electrons. The molecular formula is C20H21NO3. The predicted molar refractivity (Wildman–Crippen MR) is 92.7 cm³/mol. The predicted octanol–water partition coefficient (Wildman–Crippen LogP) is 4.10. The first kappa shape index (κ1) is 16.2. The summed E-state index contributed by atoms with van der Waals surface area (Å²) in [7, 11) is 0. The van der Waals surface area contributed by atoms with Crippen molar-refractivity contribution in [2.45, 2.75) is 26.7 Å². The van der Waals surface area contributed by atoms with Crippen LogP contribution in [0.2, 0.25) is 0 Å². The first-order valence-electron chi connectivity index (χ1n) is 8.04.